The lowest BCUT2D eigenvalue weighted by Gasteiger charge is -2.20. The van der Waals surface area contributed by atoms with Gasteiger partial charge in [0.25, 0.3) is 0 Å². The fourth-order valence-corrected chi connectivity index (χ4v) is 2.93. The number of benzene rings is 2. The van der Waals surface area contributed by atoms with Crippen LogP contribution < -0.4 is 9.47 Å². The predicted octanol–water partition coefficient (Wildman–Crippen LogP) is 4.03. The van der Waals surface area contributed by atoms with Crippen LogP contribution in [-0.2, 0) is 5.75 Å². The highest BCUT2D eigenvalue weighted by Gasteiger charge is 2.16. The molecule has 0 fully saturated rings. The van der Waals surface area contributed by atoms with E-state index in [4.69, 9.17) is 9.47 Å². The van der Waals surface area contributed by atoms with Crippen molar-refractivity contribution in [1.29, 1.82) is 0 Å². The summed E-state index contributed by atoms with van der Waals surface area (Å²) >= 11 is 1.24. The number of hydrogen-bond donors (Lipinski definition) is 0. The van der Waals surface area contributed by atoms with Crippen molar-refractivity contribution >= 4 is 11.8 Å². The maximum absolute atomic E-state index is 13.6. The molecule has 104 valence electrons. The average Bonchev–Trinajstić information content (AvgIpc) is 2.48. The van der Waals surface area contributed by atoms with Crippen molar-refractivity contribution in [2.75, 3.05) is 13.2 Å². The summed E-state index contributed by atoms with van der Waals surface area (Å²) in [4.78, 5) is 0.291. The third-order valence-electron chi connectivity index (χ3n) is 2.92. The largest absolute Gasteiger partial charge is 0.486 e. The number of halogens is 2. The minimum Gasteiger partial charge on any atom is -0.486 e. The van der Waals surface area contributed by atoms with E-state index in [0.29, 0.717) is 35.4 Å². The molecule has 2 nitrogen and oxygen atoms in total. The average molecular weight is 294 g/mol. The molecule has 0 radical (unpaired) electrons. The van der Waals surface area contributed by atoms with Gasteiger partial charge in [-0.2, -0.15) is 0 Å². The van der Waals surface area contributed by atoms with E-state index in [-0.39, 0.29) is 0 Å². The molecule has 20 heavy (non-hydrogen) atoms. The first-order chi connectivity index (χ1) is 9.74. The Morgan fingerprint density at radius 1 is 1.05 bits per heavy atom. The summed E-state index contributed by atoms with van der Waals surface area (Å²) in [5, 5.41) is 0. The number of thioether (sulfide) groups is 1. The molecule has 0 atom stereocenters. The zero-order valence-corrected chi connectivity index (χ0v) is 11.4. The van der Waals surface area contributed by atoms with Gasteiger partial charge in [0, 0.05) is 16.2 Å². The van der Waals surface area contributed by atoms with E-state index in [1.807, 2.05) is 18.2 Å². The normalized spacial score (nSPS) is 13.3. The summed E-state index contributed by atoms with van der Waals surface area (Å²) in [6.45, 7) is 1.03. The first-order valence-electron chi connectivity index (χ1n) is 6.19. The molecule has 3 rings (SSSR count). The van der Waals surface area contributed by atoms with Gasteiger partial charge >= 0.3 is 0 Å². The number of hydrogen-bond acceptors (Lipinski definition) is 3. The van der Waals surface area contributed by atoms with Crippen LogP contribution in [0.1, 0.15) is 5.56 Å². The number of rotatable bonds is 3. The zero-order chi connectivity index (χ0) is 13.9. The van der Waals surface area contributed by atoms with Crippen molar-refractivity contribution in [3.05, 3.63) is 53.6 Å². The molecule has 2 aromatic rings. The third kappa shape index (κ3) is 2.72. The Balaban J connectivity index is 1.80. The topological polar surface area (TPSA) is 18.5 Å². The third-order valence-corrected chi connectivity index (χ3v) is 4.00. The van der Waals surface area contributed by atoms with Crippen molar-refractivity contribution in [2.45, 2.75) is 10.6 Å². The number of fused-ring (bicyclic) bond motifs is 1. The van der Waals surface area contributed by atoms with Crippen LogP contribution in [0.5, 0.6) is 11.5 Å². The predicted molar refractivity (Wildman–Crippen MR) is 73.4 cm³/mol. The van der Waals surface area contributed by atoms with Crippen molar-refractivity contribution in [3.8, 4) is 11.5 Å². The summed E-state index contributed by atoms with van der Waals surface area (Å²) in [6, 6.07) is 9.06. The van der Waals surface area contributed by atoms with Gasteiger partial charge in [0.05, 0.1) is 0 Å². The van der Waals surface area contributed by atoms with Crippen LogP contribution in [0.3, 0.4) is 0 Å². The van der Waals surface area contributed by atoms with Crippen molar-refractivity contribution in [2.24, 2.45) is 0 Å². The van der Waals surface area contributed by atoms with Crippen LogP contribution in [0.25, 0.3) is 0 Å². The quantitative estimate of drug-likeness (QED) is 0.796. The standard InChI is InChI=1S/C15H12F2O2S/c16-11-4-5-12(17)14(8-11)20-9-10-2-1-3-13-15(10)19-7-6-18-13/h1-5,8H,6-7,9H2. The second-order valence-electron chi connectivity index (χ2n) is 4.30. The van der Waals surface area contributed by atoms with E-state index < -0.39 is 11.6 Å². The van der Waals surface area contributed by atoms with Gasteiger partial charge in [0.1, 0.15) is 24.8 Å². The number of ether oxygens (including phenoxy) is 2. The maximum Gasteiger partial charge on any atom is 0.165 e. The first kappa shape index (κ1) is 13.2. The summed E-state index contributed by atoms with van der Waals surface area (Å²) in [5.74, 6) is 1.03. The maximum atomic E-state index is 13.6. The van der Waals surface area contributed by atoms with Gasteiger partial charge in [-0.3, -0.25) is 0 Å². The van der Waals surface area contributed by atoms with E-state index in [0.717, 1.165) is 17.7 Å². The van der Waals surface area contributed by atoms with Gasteiger partial charge in [-0.1, -0.05) is 12.1 Å². The van der Waals surface area contributed by atoms with Gasteiger partial charge in [-0.25, -0.2) is 8.78 Å². The lowest BCUT2D eigenvalue weighted by atomic mass is 10.2. The molecule has 0 unspecified atom stereocenters. The van der Waals surface area contributed by atoms with Crippen molar-refractivity contribution in [3.63, 3.8) is 0 Å². The minimum absolute atomic E-state index is 0.291. The van der Waals surface area contributed by atoms with Gasteiger partial charge in [0.2, 0.25) is 0 Å². The second kappa shape index (κ2) is 5.71. The van der Waals surface area contributed by atoms with Crippen LogP contribution in [0.15, 0.2) is 41.3 Å². The summed E-state index contributed by atoms with van der Waals surface area (Å²) in [6.07, 6.45) is 0. The smallest absolute Gasteiger partial charge is 0.165 e. The van der Waals surface area contributed by atoms with Gasteiger partial charge in [-0.15, -0.1) is 11.8 Å². The molecule has 1 heterocycles. The summed E-state index contributed by atoms with van der Waals surface area (Å²) < 4.78 is 37.8. The van der Waals surface area contributed by atoms with Crippen LogP contribution in [0.2, 0.25) is 0 Å². The Morgan fingerprint density at radius 3 is 2.80 bits per heavy atom. The number of para-hydroxylation sites is 1. The molecule has 0 saturated carbocycles. The Bertz CT molecular complexity index is 631. The van der Waals surface area contributed by atoms with Crippen LogP contribution in [0.4, 0.5) is 8.78 Å². The molecule has 0 spiro atoms. The van der Waals surface area contributed by atoms with E-state index in [2.05, 4.69) is 0 Å². The summed E-state index contributed by atoms with van der Waals surface area (Å²) in [5.41, 5.74) is 0.913. The second-order valence-corrected chi connectivity index (χ2v) is 5.32. The van der Waals surface area contributed by atoms with E-state index in [1.165, 1.54) is 17.8 Å². The van der Waals surface area contributed by atoms with Gasteiger partial charge < -0.3 is 9.47 Å². The van der Waals surface area contributed by atoms with E-state index in [9.17, 15) is 8.78 Å². The highest BCUT2D eigenvalue weighted by atomic mass is 32.2. The molecule has 0 aromatic heterocycles. The Labute approximate surface area is 119 Å². The molecular formula is C15H12F2O2S. The van der Waals surface area contributed by atoms with Crippen LogP contribution in [0, 0.1) is 11.6 Å². The Kier molecular flexibility index (Phi) is 3.78. The molecule has 0 amide bonds. The lowest BCUT2D eigenvalue weighted by molar-refractivity contribution is 0.170. The van der Waals surface area contributed by atoms with E-state index >= 15 is 0 Å². The molecular weight excluding hydrogens is 282 g/mol. The SMILES string of the molecule is Fc1ccc(F)c(SCc2cccc3c2OCCO3)c1. The molecule has 5 heteroatoms. The highest BCUT2D eigenvalue weighted by Crippen LogP contribution is 2.37. The molecule has 2 aromatic carbocycles. The highest BCUT2D eigenvalue weighted by molar-refractivity contribution is 7.98. The van der Waals surface area contributed by atoms with Crippen LogP contribution in [-0.4, -0.2) is 13.2 Å². The van der Waals surface area contributed by atoms with Gasteiger partial charge in [-0.05, 0) is 24.3 Å². The fraction of sp³-hybridized carbons (Fsp3) is 0.200. The molecule has 1 aliphatic heterocycles. The Hall–Kier alpha value is -1.75. The van der Waals surface area contributed by atoms with E-state index in [1.54, 1.807) is 0 Å². The van der Waals surface area contributed by atoms with Crippen LogP contribution >= 0.6 is 11.8 Å². The molecule has 0 bridgehead atoms. The van der Waals surface area contributed by atoms with Crippen molar-refractivity contribution in [1.82, 2.24) is 0 Å². The monoisotopic (exact) mass is 294 g/mol. The minimum atomic E-state index is -0.441. The van der Waals surface area contributed by atoms with Gasteiger partial charge in [0.15, 0.2) is 11.5 Å². The fourth-order valence-electron chi connectivity index (χ4n) is 1.99. The summed E-state index contributed by atoms with van der Waals surface area (Å²) in [7, 11) is 0. The zero-order valence-electron chi connectivity index (χ0n) is 10.6. The lowest BCUT2D eigenvalue weighted by Crippen LogP contribution is -2.16. The van der Waals surface area contributed by atoms with Crippen molar-refractivity contribution < 1.29 is 18.3 Å². The Morgan fingerprint density at radius 2 is 1.90 bits per heavy atom. The molecule has 0 saturated heterocycles. The molecule has 0 N–H and O–H groups in total. The first-order valence-corrected chi connectivity index (χ1v) is 7.18. The molecule has 1 aliphatic rings. The molecule has 0 aliphatic carbocycles.